The maximum Gasteiger partial charge on any atom is 0.326 e. The summed E-state index contributed by atoms with van der Waals surface area (Å²) in [6, 6.07) is 22.3. The van der Waals surface area contributed by atoms with E-state index in [1.54, 1.807) is 13.3 Å². The van der Waals surface area contributed by atoms with Crippen molar-refractivity contribution < 1.29 is 9.53 Å². The van der Waals surface area contributed by atoms with E-state index in [1.807, 2.05) is 41.3 Å². The molecule has 0 bridgehead atoms. The molecule has 0 aliphatic carbocycles. The van der Waals surface area contributed by atoms with Crippen LogP contribution < -0.4 is 19.9 Å². The highest BCUT2D eigenvalue weighted by atomic mass is 16.5. The number of carbonyl (C=O) groups is 1. The monoisotopic (exact) mass is 493 g/mol. The van der Waals surface area contributed by atoms with E-state index in [2.05, 4.69) is 57.5 Å². The number of methoxy groups -OCH3 is 1. The van der Waals surface area contributed by atoms with Crippen molar-refractivity contribution in [3.05, 3.63) is 78.5 Å². The molecule has 0 saturated carbocycles. The van der Waals surface area contributed by atoms with Crippen molar-refractivity contribution in [1.82, 2.24) is 9.88 Å². The maximum absolute atomic E-state index is 13.6. The van der Waals surface area contributed by atoms with Crippen LogP contribution in [0.3, 0.4) is 0 Å². The zero-order valence-corrected chi connectivity index (χ0v) is 21.3. The molecule has 0 spiro atoms. The Bertz CT molecular complexity index is 1450. The number of urea groups is 1. The summed E-state index contributed by atoms with van der Waals surface area (Å²) in [5, 5.41) is 4.10. The Kier molecular flexibility index (Phi) is 6.14. The molecule has 1 aromatic heterocycles. The van der Waals surface area contributed by atoms with E-state index in [-0.39, 0.29) is 6.03 Å². The number of ether oxygens (including phenoxy) is 1. The van der Waals surface area contributed by atoms with Crippen molar-refractivity contribution in [2.75, 3.05) is 62.0 Å². The first-order valence-corrected chi connectivity index (χ1v) is 12.8. The number of piperazine rings is 1. The van der Waals surface area contributed by atoms with Gasteiger partial charge in [-0.1, -0.05) is 48.5 Å². The predicted molar refractivity (Wildman–Crippen MR) is 150 cm³/mol. The number of nitrogens with one attached hydrogen (secondary N) is 1. The van der Waals surface area contributed by atoms with Gasteiger partial charge < -0.3 is 19.9 Å². The van der Waals surface area contributed by atoms with Crippen LogP contribution in [0.15, 0.2) is 72.9 Å². The average Bonchev–Trinajstić information content (AvgIpc) is 3.36. The van der Waals surface area contributed by atoms with Gasteiger partial charge in [-0.2, -0.15) is 0 Å². The third-order valence-corrected chi connectivity index (χ3v) is 7.46. The average molecular weight is 494 g/mol. The van der Waals surface area contributed by atoms with Gasteiger partial charge >= 0.3 is 6.03 Å². The summed E-state index contributed by atoms with van der Waals surface area (Å²) in [6.07, 6.45) is 2.57. The molecule has 0 atom stereocenters. The molecule has 1 fully saturated rings. The molecule has 6 rings (SSSR count). The summed E-state index contributed by atoms with van der Waals surface area (Å²) in [5.74, 6) is 0.874. The molecule has 2 aliphatic rings. The van der Waals surface area contributed by atoms with Crippen molar-refractivity contribution in [2.45, 2.75) is 6.42 Å². The molecule has 1 N–H and O–H groups in total. The smallest absolute Gasteiger partial charge is 0.326 e. The maximum atomic E-state index is 13.6. The Morgan fingerprint density at radius 2 is 1.73 bits per heavy atom. The number of pyridine rings is 1. The Morgan fingerprint density at radius 3 is 2.51 bits per heavy atom. The van der Waals surface area contributed by atoms with E-state index in [9.17, 15) is 4.79 Å². The van der Waals surface area contributed by atoms with Crippen molar-refractivity contribution in [1.29, 1.82) is 0 Å². The normalized spacial score (nSPS) is 15.6. The SMILES string of the molecule is COc1cc2c(cc1N1CCN(C)CC1)N(C(=O)Nc1ccnc3c(-c4ccccc4)cccc13)CC2. The molecule has 0 radical (unpaired) electrons. The number of aromatic nitrogens is 1. The van der Waals surface area contributed by atoms with Gasteiger partial charge in [0.05, 0.1) is 29.7 Å². The van der Waals surface area contributed by atoms with Crippen molar-refractivity contribution in [3.8, 4) is 16.9 Å². The number of rotatable bonds is 4. The second-order valence-corrected chi connectivity index (χ2v) is 9.70. The summed E-state index contributed by atoms with van der Waals surface area (Å²) in [5.41, 5.74) is 6.92. The zero-order chi connectivity index (χ0) is 25.4. The summed E-state index contributed by atoms with van der Waals surface area (Å²) in [4.78, 5) is 24.8. The van der Waals surface area contributed by atoms with Gasteiger partial charge in [0, 0.05) is 49.9 Å². The van der Waals surface area contributed by atoms with Gasteiger partial charge in [-0.15, -0.1) is 0 Å². The first kappa shape index (κ1) is 23.3. The molecular weight excluding hydrogens is 462 g/mol. The fourth-order valence-electron chi connectivity index (χ4n) is 5.39. The van der Waals surface area contributed by atoms with Crippen LogP contribution in [0.25, 0.3) is 22.0 Å². The van der Waals surface area contributed by atoms with Crippen LogP contribution in [-0.2, 0) is 6.42 Å². The lowest BCUT2D eigenvalue weighted by Crippen LogP contribution is -2.44. The second kappa shape index (κ2) is 9.75. The topological polar surface area (TPSA) is 60.9 Å². The summed E-state index contributed by atoms with van der Waals surface area (Å²) in [6.45, 7) is 4.51. The minimum absolute atomic E-state index is 0.133. The minimum Gasteiger partial charge on any atom is -0.495 e. The lowest BCUT2D eigenvalue weighted by molar-refractivity contribution is 0.257. The fourth-order valence-corrected chi connectivity index (χ4v) is 5.39. The molecule has 2 amide bonds. The first-order chi connectivity index (χ1) is 18.1. The standard InChI is InChI=1S/C30H31N5O2/c1-33-15-17-34(18-16-33)27-20-26-22(19-28(27)37-2)12-14-35(26)30(36)32-25-11-13-31-29-23(9-6-10-24(25)29)21-7-4-3-5-8-21/h3-11,13,19-20H,12,14-18H2,1-2H3,(H,31,32,36). The highest BCUT2D eigenvalue weighted by Crippen LogP contribution is 2.40. The van der Waals surface area contributed by atoms with Gasteiger partial charge in [-0.05, 0) is 42.8 Å². The molecule has 3 aromatic carbocycles. The summed E-state index contributed by atoms with van der Waals surface area (Å²) >= 11 is 0. The van der Waals surface area contributed by atoms with Crippen LogP contribution in [-0.4, -0.2) is 62.8 Å². The Balaban J connectivity index is 1.30. The quantitative estimate of drug-likeness (QED) is 0.420. The molecule has 7 heteroatoms. The second-order valence-electron chi connectivity index (χ2n) is 9.70. The number of carbonyl (C=O) groups excluding carboxylic acids is 1. The fraction of sp³-hybridized carbons (Fsp3) is 0.267. The number of likely N-dealkylation sites (N-methyl/N-ethyl adjacent to an activating group) is 1. The third kappa shape index (κ3) is 4.36. The molecular formula is C30H31N5O2. The number of nitrogens with zero attached hydrogens (tertiary/aromatic N) is 4. The Morgan fingerprint density at radius 1 is 0.919 bits per heavy atom. The largest absolute Gasteiger partial charge is 0.495 e. The van der Waals surface area contributed by atoms with Crippen LogP contribution in [0, 0.1) is 0 Å². The first-order valence-electron chi connectivity index (χ1n) is 12.8. The van der Waals surface area contributed by atoms with E-state index in [1.165, 1.54) is 0 Å². The summed E-state index contributed by atoms with van der Waals surface area (Å²) < 4.78 is 5.76. The Hall–Kier alpha value is -4.10. The number of fused-ring (bicyclic) bond motifs is 2. The van der Waals surface area contributed by atoms with E-state index < -0.39 is 0 Å². The lowest BCUT2D eigenvalue weighted by Gasteiger charge is -2.35. The molecule has 2 aliphatic heterocycles. The van der Waals surface area contributed by atoms with Crippen molar-refractivity contribution >= 4 is 34.0 Å². The number of amides is 2. The highest BCUT2D eigenvalue weighted by Gasteiger charge is 2.29. The number of benzene rings is 3. The van der Waals surface area contributed by atoms with Crippen LogP contribution in [0.5, 0.6) is 5.75 Å². The molecule has 7 nitrogen and oxygen atoms in total. The Labute approximate surface area is 217 Å². The van der Waals surface area contributed by atoms with Gasteiger partial charge in [-0.25, -0.2) is 4.79 Å². The van der Waals surface area contributed by atoms with Crippen molar-refractivity contribution in [3.63, 3.8) is 0 Å². The molecule has 4 aromatic rings. The summed E-state index contributed by atoms with van der Waals surface area (Å²) in [7, 11) is 3.87. The van der Waals surface area contributed by atoms with Gasteiger partial charge in [0.15, 0.2) is 0 Å². The van der Waals surface area contributed by atoms with E-state index in [0.29, 0.717) is 6.54 Å². The molecule has 1 saturated heterocycles. The van der Waals surface area contributed by atoms with Gasteiger partial charge in [0.25, 0.3) is 0 Å². The van der Waals surface area contributed by atoms with E-state index in [0.717, 1.165) is 83.0 Å². The molecule has 3 heterocycles. The zero-order valence-electron chi connectivity index (χ0n) is 21.3. The highest BCUT2D eigenvalue weighted by molar-refractivity contribution is 6.09. The third-order valence-electron chi connectivity index (χ3n) is 7.46. The van der Waals surface area contributed by atoms with Crippen LogP contribution in [0.4, 0.5) is 21.9 Å². The number of para-hydroxylation sites is 1. The molecule has 0 unspecified atom stereocenters. The van der Waals surface area contributed by atoms with Crippen LogP contribution >= 0.6 is 0 Å². The predicted octanol–water partition coefficient (Wildman–Crippen LogP) is 5.26. The number of hydrogen-bond acceptors (Lipinski definition) is 5. The van der Waals surface area contributed by atoms with Gasteiger partial charge in [0.1, 0.15) is 5.75 Å². The molecule has 188 valence electrons. The lowest BCUT2D eigenvalue weighted by atomic mass is 10.0. The van der Waals surface area contributed by atoms with E-state index >= 15 is 0 Å². The van der Waals surface area contributed by atoms with Crippen LogP contribution in [0.2, 0.25) is 0 Å². The molecule has 37 heavy (non-hydrogen) atoms. The number of anilines is 3. The minimum atomic E-state index is -0.133. The van der Waals surface area contributed by atoms with Gasteiger partial charge in [-0.3, -0.25) is 9.88 Å². The van der Waals surface area contributed by atoms with Crippen LogP contribution in [0.1, 0.15) is 5.56 Å². The van der Waals surface area contributed by atoms with Crippen molar-refractivity contribution in [2.24, 2.45) is 0 Å². The number of hydrogen-bond donors (Lipinski definition) is 1. The van der Waals surface area contributed by atoms with Gasteiger partial charge in [0.2, 0.25) is 0 Å². The van der Waals surface area contributed by atoms with E-state index in [4.69, 9.17) is 4.74 Å².